The van der Waals surface area contributed by atoms with E-state index in [1.54, 1.807) is 12.1 Å². The molecule has 0 atom stereocenters. The summed E-state index contributed by atoms with van der Waals surface area (Å²) in [6.45, 7) is 1.91. The molecule has 0 heterocycles. The van der Waals surface area contributed by atoms with Crippen LogP contribution in [0.15, 0.2) is 28.7 Å². The quantitative estimate of drug-likeness (QED) is 0.843. The van der Waals surface area contributed by atoms with Crippen LogP contribution in [-0.4, -0.2) is 16.2 Å². The molecule has 16 heavy (non-hydrogen) atoms. The van der Waals surface area contributed by atoms with E-state index in [0.29, 0.717) is 10.8 Å². The third kappa shape index (κ3) is 1.65. The summed E-state index contributed by atoms with van der Waals surface area (Å²) in [5.41, 5.74) is 1.07. The highest BCUT2D eigenvalue weighted by molar-refractivity contribution is 9.10. The summed E-state index contributed by atoms with van der Waals surface area (Å²) in [5.74, 6) is -1.07. The van der Waals surface area contributed by atoms with Crippen LogP contribution in [0.2, 0.25) is 0 Å². The number of hydrogen-bond donors (Lipinski definition) is 2. The first kappa shape index (κ1) is 11.0. The van der Waals surface area contributed by atoms with Gasteiger partial charge in [0.2, 0.25) is 0 Å². The Morgan fingerprint density at radius 3 is 2.56 bits per heavy atom. The molecule has 82 valence electrons. The number of fused-ring (bicyclic) bond motifs is 1. The molecule has 2 aromatic carbocycles. The van der Waals surface area contributed by atoms with Crippen molar-refractivity contribution in [1.82, 2.24) is 0 Å². The lowest BCUT2D eigenvalue weighted by atomic mass is 10.0. The van der Waals surface area contributed by atoms with Crippen molar-refractivity contribution in [1.29, 1.82) is 0 Å². The van der Waals surface area contributed by atoms with E-state index in [4.69, 9.17) is 5.11 Å². The summed E-state index contributed by atoms with van der Waals surface area (Å²) in [6.07, 6.45) is 0. The molecule has 2 N–H and O–H groups in total. The van der Waals surface area contributed by atoms with Crippen molar-refractivity contribution < 1.29 is 15.0 Å². The maximum absolute atomic E-state index is 10.9. The Bertz CT molecular complexity index is 590. The Labute approximate surface area is 100 Å². The first-order valence-corrected chi connectivity index (χ1v) is 5.45. The molecule has 0 saturated heterocycles. The Morgan fingerprint density at radius 2 is 1.94 bits per heavy atom. The predicted octanol–water partition coefficient (Wildman–Crippen LogP) is 3.31. The largest absolute Gasteiger partial charge is 0.507 e. The minimum atomic E-state index is -1.05. The molecule has 0 bridgehead atoms. The number of aryl methyl sites for hydroxylation is 1. The van der Waals surface area contributed by atoms with E-state index in [2.05, 4.69) is 15.9 Å². The minimum absolute atomic E-state index is 0.0180. The minimum Gasteiger partial charge on any atom is -0.507 e. The smallest absolute Gasteiger partial charge is 0.335 e. The molecule has 0 aliphatic heterocycles. The average molecular weight is 281 g/mol. The van der Waals surface area contributed by atoms with Gasteiger partial charge in [-0.1, -0.05) is 12.1 Å². The normalized spacial score (nSPS) is 10.6. The third-order valence-corrected chi connectivity index (χ3v) is 3.54. The molecule has 0 aliphatic carbocycles. The number of aromatic hydroxyl groups is 1. The molecule has 0 unspecified atom stereocenters. The summed E-state index contributed by atoms with van der Waals surface area (Å²) in [7, 11) is 0. The van der Waals surface area contributed by atoms with Crippen LogP contribution in [-0.2, 0) is 0 Å². The van der Waals surface area contributed by atoms with Gasteiger partial charge in [0.25, 0.3) is 0 Å². The lowest BCUT2D eigenvalue weighted by Crippen LogP contribution is -1.96. The molecule has 4 heteroatoms. The van der Waals surface area contributed by atoms with Crippen molar-refractivity contribution in [3.8, 4) is 5.75 Å². The predicted molar refractivity (Wildman–Crippen MR) is 65.0 cm³/mol. The van der Waals surface area contributed by atoms with Crippen LogP contribution < -0.4 is 0 Å². The summed E-state index contributed by atoms with van der Waals surface area (Å²) >= 11 is 3.39. The van der Waals surface area contributed by atoms with Crippen molar-refractivity contribution in [2.75, 3.05) is 0 Å². The fourth-order valence-corrected chi connectivity index (χ4v) is 2.07. The highest BCUT2D eigenvalue weighted by atomic mass is 79.9. The SMILES string of the molecule is Cc1ccc2c(O)cc(C(=O)O)cc2c1Br. The summed E-state index contributed by atoms with van der Waals surface area (Å²) in [6, 6.07) is 6.45. The second-order valence-corrected chi connectivity index (χ2v) is 4.39. The standard InChI is InChI=1S/C12H9BrO3/c1-6-2-3-8-9(11(6)13)4-7(12(15)16)5-10(8)14/h2-5,14H,1H3,(H,15,16). The van der Waals surface area contributed by atoms with Gasteiger partial charge in [0.05, 0.1) is 5.56 Å². The zero-order valence-corrected chi connectivity index (χ0v) is 10.1. The molecule has 2 rings (SSSR count). The van der Waals surface area contributed by atoms with Crippen molar-refractivity contribution >= 4 is 32.7 Å². The number of rotatable bonds is 1. The van der Waals surface area contributed by atoms with E-state index in [9.17, 15) is 9.90 Å². The number of carboxylic acids is 1. The summed E-state index contributed by atoms with van der Waals surface area (Å²) in [5, 5.41) is 20.0. The van der Waals surface area contributed by atoms with Crippen molar-refractivity contribution in [3.63, 3.8) is 0 Å². The fourth-order valence-electron chi connectivity index (χ4n) is 1.61. The van der Waals surface area contributed by atoms with Crippen LogP contribution in [0.1, 0.15) is 15.9 Å². The summed E-state index contributed by atoms with van der Waals surface area (Å²) in [4.78, 5) is 10.9. The van der Waals surface area contributed by atoms with E-state index >= 15 is 0 Å². The number of aromatic carboxylic acids is 1. The van der Waals surface area contributed by atoms with Gasteiger partial charge in [0, 0.05) is 15.2 Å². The number of halogens is 1. The van der Waals surface area contributed by atoms with Gasteiger partial charge in [-0.05, 0) is 40.5 Å². The van der Waals surface area contributed by atoms with E-state index in [1.807, 2.05) is 13.0 Å². The van der Waals surface area contributed by atoms with Crippen molar-refractivity contribution in [3.05, 3.63) is 39.9 Å². The van der Waals surface area contributed by atoms with E-state index < -0.39 is 5.97 Å². The van der Waals surface area contributed by atoms with E-state index in [-0.39, 0.29) is 11.3 Å². The molecule has 2 aromatic rings. The van der Waals surface area contributed by atoms with Crippen molar-refractivity contribution in [2.24, 2.45) is 0 Å². The molecule has 0 radical (unpaired) electrons. The highest BCUT2D eigenvalue weighted by Crippen LogP contribution is 2.33. The second-order valence-electron chi connectivity index (χ2n) is 3.59. The maximum Gasteiger partial charge on any atom is 0.335 e. The number of carbonyl (C=O) groups is 1. The Balaban J connectivity index is 2.88. The van der Waals surface area contributed by atoms with Crippen LogP contribution >= 0.6 is 15.9 Å². The lowest BCUT2D eigenvalue weighted by molar-refractivity contribution is 0.0696. The second kappa shape index (κ2) is 3.79. The van der Waals surface area contributed by atoms with Gasteiger partial charge < -0.3 is 10.2 Å². The Morgan fingerprint density at radius 1 is 1.25 bits per heavy atom. The first-order valence-electron chi connectivity index (χ1n) is 4.66. The van der Waals surface area contributed by atoms with Crippen LogP contribution in [0.25, 0.3) is 10.8 Å². The Hall–Kier alpha value is -1.55. The first-order chi connectivity index (χ1) is 7.50. The fraction of sp³-hybridized carbons (Fsp3) is 0.0833. The van der Waals surface area contributed by atoms with E-state index in [0.717, 1.165) is 10.0 Å². The van der Waals surface area contributed by atoms with Gasteiger partial charge in [-0.2, -0.15) is 0 Å². The van der Waals surface area contributed by atoms with E-state index in [1.165, 1.54) is 6.07 Å². The van der Waals surface area contributed by atoms with Gasteiger partial charge in [-0.15, -0.1) is 0 Å². The summed E-state index contributed by atoms with van der Waals surface area (Å²) < 4.78 is 0.809. The third-order valence-electron chi connectivity index (χ3n) is 2.49. The zero-order valence-electron chi connectivity index (χ0n) is 8.49. The topological polar surface area (TPSA) is 57.5 Å². The molecule has 0 spiro atoms. The van der Waals surface area contributed by atoms with Gasteiger partial charge in [0.15, 0.2) is 0 Å². The van der Waals surface area contributed by atoms with Crippen LogP contribution in [0.3, 0.4) is 0 Å². The molecule has 0 aliphatic rings. The molecule has 3 nitrogen and oxygen atoms in total. The molecule has 0 amide bonds. The number of phenolic OH excluding ortho intramolecular Hbond substituents is 1. The molecular weight excluding hydrogens is 272 g/mol. The molecule has 0 aromatic heterocycles. The van der Waals surface area contributed by atoms with Crippen molar-refractivity contribution in [2.45, 2.75) is 6.92 Å². The Kier molecular flexibility index (Phi) is 2.59. The van der Waals surface area contributed by atoms with Gasteiger partial charge in [-0.3, -0.25) is 0 Å². The van der Waals surface area contributed by atoms with Gasteiger partial charge in [-0.25, -0.2) is 4.79 Å². The van der Waals surface area contributed by atoms with Crippen LogP contribution in [0.5, 0.6) is 5.75 Å². The number of hydrogen-bond acceptors (Lipinski definition) is 2. The van der Waals surface area contributed by atoms with Gasteiger partial charge in [0.1, 0.15) is 5.75 Å². The zero-order chi connectivity index (χ0) is 11.9. The lowest BCUT2D eigenvalue weighted by Gasteiger charge is -2.07. The van der Waals surface area contributed by atoms with Crippen LogP contribution in [0, 0.1) is 6.92 Å². The molecular formula is C12H9BrO3. The highest BCUT2D eigenvalue weighted by Gasteiger charge is 2.11. The maximum atomic E-state index is 10.9. The molecule has 0 saturated carbocycles. The van der Waals surface area contributed by atoms with Gasteiger partial charge >= 0.3 is 5.97 Å². The number of phenols is 1. The number of benzene rings is 2. The monoisotopic (exact) mass is 280 g/mol. The number of carboxylic acid groups (broad SMARTS) is 1. The van der Waals surface area contributed by atoms with Crippen LogP contribution in [0.4, 0.5) is 0 Å². The molecule has 0 fully saturated rings. The average Bonchev–Trinajstić information content (AvgIpc) is 2.23.